The normalized spacial score (nSPS) is 53.6. The van der Waals surface area contributed by atoms with E-state index in [1.165, 1.54) is 25.7 Å². The summed E-state index contributed by atoms with van der Waals surface area (Å²) < 4.78 is 0. The summed E-state index contributed by atoms with van der Waals surface area (Å²) in [7, 11) is 0. The van der Waals surface area contributed by atoms with Gasteiger partial charge in [0.15, 0.2) is 0 Å². The largest absolute Gasteiger partial charge is 0.393 e. The first-order chi connectivity index (χ1) is 12.8. The van der Waals surface area contributed by atoms with Crippen LogP contribution in [0.4, 0.5) is 0 Å². The number of rotatable bonds is 1. The van der Waals surface area contributed by atoms with Gasteiger partial charge < -0.3 is 5.11 Å². The lowest BCUT2D eigenvalue weighted by Gasteiger charge is -2.60. The van der Waals surface area contributed by atoms with Crippen molar-refractivity contribution in [2.45, 2.75) is 84.7 Å². The smallest absolute Gasteiger partial charge is 0.137 e. The fraction of sp³-hybridized carbons (Fsp3) is 0.800. The highest BCUT2D eigenvalue weighted by atomic mass is 16.3. The zero-order valence-corrected chi connectivity index (χ0v) is 17.3. The van der Waals surface area contributed by atoms with Crippen molar-refractivity contribution in [2.24, 2.45) is 39.9 Å². The van der Waals surface area contributed by atoms with E-state index in [2.05, 4.69) is 32.1 Å². The molecule has 0 bridgehead atoms. The van der Waals surface area contributed by atoms with Crippen molar-refractivity contribution < 1.29 is 9.90 Å². The monoisotopic (exact) mass is 368 g/mol. The summed E-state index contributed by atoms with van der Waals surface area (Å²) in [4.78, 5) is 13.1. The number of hydrogen-bond donors (Lipinski definition) is 1. The third-order valence-electron chi connectivity index (χ3n) is 10.4. The predicted molar refractivity (Wildman–Crippen MR) is 108 cm³/mol. The Morgan fingerprint density at radius 1 is 1.11 bits per heavy atom. The Bertz CT molecular complexity index is 720. The molecular weight excluding hydrogens is 332 g/mol. The molecule has 0 aliphatic heterocycles. The van der Waals surface area contributed by atoms with Crippen molar-refractivity contribution in [1.82, 2.24) is 0 Å². The van der Waals surface area contributed by atoms with E-state index in [4.69, 9.17) is 0 Å². The summed E-state index contributed by atoms with van der Waals surface area (Å²) in [5, 5.41) is 10.2. The van der Waals surface area contributed by atoms with Gasteiger partial charge in [-0.3, -0.25) is 4.79 Å². The average Bonchev–Trinajstić information content (AvgIpc) is 2.92. The van der Waals surface area contributed by atoms with Gasteiger partial charge in [0.1, 0.15) is 5.78 Å². The number of hydrogen-bond acceptors (Lipinski definition) is 2. The molecule has 3 fully saturated rings. The minimum Gasteiger partial charge on any atom is -0.393 e. The second-order valence-electron chi connectivity index (χ2n) is 11.0. The van der Waals surface area contributed by atoms with Crippen LogP contribution in [0.5, 0.6) is 0 Å². The second kappa shape index (κ2) is 5.81. The summed E-state index contributed by atoms with van der Waals surface area (Å²) in [6, 6.07) is 0. The Labute approximate surface area is 164 Å². The van der Waals surface area contributed by atoms with Gasteiger partial charge in [0.25, 0.3) is 0 Å². The molecule has 0 amide bonds. The molecule has 27 heavy (non-hydrogen) atoms. The quantitative estimate of drug-likeness (QED) is 0.624. The topological polar surface area (TPSA) is 37.3 Å². The molecule has 2 nitrogen and oxygen atoms in total. The van der Waals surface area contributed by atoms with Crippen LogP contribution < -0.4 is 0 Å². The number of carbonyl (C=O) groups is 1. The number of ketones is 1. The Morgan fingerprint density at radius 3 is 2.70 bits per heavy atom. The van der Waals surface area contributed by atoms with E-state index < -0.39 is 0 Å². The zero-order valence-electron chi connectivity index (χ0n) is 17.3. The number of allylic oxidation sites excluding steroid dienone is 3. The van der Waals surface area contributed by atoms with Crippen molar-refractivity contribution in [3.05, 3.63) is 23.8 Å². The minimum atomic E-state index is -0.129. The fourth-order valence-electron chi connectivity index (χ4n) is 8.98. The third-order valence-corrected chi connectivity index (χ3v) is 10.4. The van der Waals surface area contributed by atoms with E-state index in [1.54, 1.807) is 5.57 Å². The first-order valence-corrected chi connectivity index (χ1v) is 11.4. The number of aliphatic hydroxyl groups excluding tert-OH is 1. The molecule has 8 atom stereocenters. The van der Waals surface area contributed by atoms with Crippen molar-refractivity contribution >= 4 is 5.78 Å². The van der Waals surface area contributed by atoms with Crippen molar-refractivity contribution in [3.8, 4) is 0 Å². The molecule has 0 aromatic heterocycles. The summed E-state index contributed by atoms with van der Waals surface area (Å²) in [5.74, 6) is 3.18. The number of Topliss-reactive ketones (excluding diaryl/α,β-unsaturated/α-hetero) is 1. The lowest BCUT2D eigenvalue weighted by Crippen LogP contribution is -2.54. The molecule has 0 heterocycles. The van der Waals surface area contributed by atoms with Crippen LogP contribution in [0, 0.1) is 39.9 Å². The molecule has 6 unspecified atom stereocenters. The van der Waals surface area contributed by atoms with E-state index in [1.807, 2.05) is 6.92 Å². The van der Waals surface area contributed by atoms with Crippen LogP contribution in [0.1, 0.15) is 78.6 Å². The van der Waals surface area contributed by atoms with Crippen LogP contribution in [-0.2, 0) is 4.79 Å². The molecule has 2 heteroatoms. The molecule has 5 aliphatic carbocycles. The molecule has 5 aliphatic rings. The molecule has 0 aromatic rings. The lowest BCUT2D eigenvalue weighted by molar-refractivity contribution is -0.144. The molecule has 0 saturated heterocycles. The van der Waals surface area contributed by atoms with Crippen LogP contribution in [0.2, 0.25) is 0 Å². The van der Waals surface area contributed by atoms with E-state index >= 15 is 0 Å². The van der Waals surface area contributed by atoms with Crippen LogP contribution in [0.25, 0.3) is 0 Å². The molecule has 0 spiro atoms. The molecule has 3 saturated carbocycles. The second-order valence-corrected chi connectivity index (χ2v) is 11.0. The van der Waals surface area contributed by atoms with Crippen LogP contribution in [-0.4, -0.2) is 17.0 Å². The highest BCUT2D eigenvalue weighted by Gasteiger charge is 2.68. The maximum atomic E-state index is 13.1. The highest BCUT2D eigenvalue weighted by Crippen LogP contribution is 2.73. The van der Waals surface area contributed by atoms with Gasteiger partial charge >= 0.3 is 0 Å². The van der Waals surface area contributed by atoms with Gasteiger partial charge in [0, 0.05) is 5.41 Å². The molecule has 148 valence electrons. The van der Waals surface area contributed by atoms with Gasteiger partial charge in [-0.15, -0.1) is 0 Å². The number of carbonyl (C=O) groups excluding carboxylic acids is 1. The fourth-order valence-corrected chi connectivity index (χ4v) is 8.98. The van der Waals surface area contributed by atoms with Crippen molar-refractivity contribution in [2.75, 3.05) is 0 Å². The molecule has 5 rings (SSSR count). The van der Waals surface area contributed by atoms with Gasteiger partial charge in [0.2, 0.25) is 0 Å². The highest BCUT2D eigenvalue weighted by molar-refractivity contribution is 5.85. The number of fused-ring (bicyclic) bond motifs is 7. The molecular formula is C25H36O2. The molecule has 1 N–H and O–H groups in total. The SMILES string of the molecule is CC(=O)C12CC=CCC1CC1C3CC=C4CC(O)CC[C@]4(C)C3CC[C@@]12C. The Balaban J connectivity index is 1.54. The van der Waals surface area contributed by atoms with Crippen LogP contribution in [0.15, 0.2) is 23.8 Å². The average molecular weight is 369 g/mol. The van der Waals surface area contributed by atoms with E-state index in [-0.39, 0.29) is 16.9 Å². The maximum absolute atomic E-state index is 13.1. The van der Waals surface area contributed by atoms with Gasteiger partial charge in [-0.25, -0.2) is 0 Å². The molecule has 0 radical (unpaired) electrons. The van der Waals surface area contributed by atoms with Crippen molar-refractivity contribution in [1.29, 1.82) is 0 Å². The Kier molecular flexibility index (Phi) is 3.91. The Morgan fingerprint density at radius 2 is 1.93 bits per heavy atom. The molecule has 0 aromatic carbocycles. The summed E-state index contributed by atoms with van der Waals surface area (Å²) >= 11 is 0. The zero-order chi connectivity index (χ0) is 19.0. The third kappa shape index (κ3) is 2.14. The maximum Gasteiger partial charge on any atom is 0.137 e. The van der Waals surface area contributed by atoms with Gasteiger partial charge in [0.05, 0.1) is 6.10 Å². The predicted octanol–water partition coefficient (Wildman–Crippen LogP) is 5.46. The van der Waals surface area contributed by atoms with E-state index in [9.17, 15) is 9.90 Å². The van der Waals surface area contributed by atoms with Crippen molar-refractivity contribution in [3.63, 3.8) is 0 Å². The standard InChI is InChI=1S/C25H36O2/c1-16(26)25-11-5-4-6-18(25)15-22-20-8-7-17-14-19(27)9-12-23(17,2)21(20)10-13-24(22,25)3/h4-5,7,18-22,27H,6,8-15H2,1-3H3/t18?,19?,20?,21?,22?,23-,24-,25?/m0/s1. The first-order valence-electron chi connectivity index (χ1n) is 11.4. The lowest BCUT2D eigenvalue weighted by atomic mass is 9.44. The van der Waals surface area contributed by atoms with Crippen LogP contribution >= 0.6 is 0 Å². The summed E-state index contributed by atoms with van der Waals surface area (Å²) in [5.41, 5.74) is 1.90. The van der Waals surface area contributed by atoms with Gasteiger partial charge in [-0.1, -0.05) is 37.6 Å². The first kappa shape index (κ1) is 18.2. The van der Waals surface area contributed by atoms with Gasteiger partial charge in [-0.05, 0) is 99.2 Å². The van der Waals surface area contributed by atoms with E-state index in [0.717, 1.165) is 43.9 Å². The summed E-state index contributed by atoms with van der Waals surface area (Å²) in [6.45, 7) is 6.86. The van der Waals surface area contributed by atoms with Crippen LogP contribution in [0.3, 0.4) is 0 Å². The van der Waals surface area contributed by atoms with E-state index in [0.29, 0.717) is 23.0 Å². The van der Waals surface area contributed by atoms with Gasteiger partial charge in [-0.2, -0.15) is 0 Å². The minimum absolute atomic E-state index is 0.106. The Hall–Kier alpha value is -0.890. The number of aliphatic hydroxyl groups is 1. The summed E-state index contributed by atoms with van der Waals surface area (Å²) in [6.07, 6.45) is 17.0.